The van der Waals surface area contributed by atoms with Gasteiger partial charge in [-0.1, -0.05) is 31.9 Å². The van der Waals surface area contributed by atoms with E-state index in [1.807, 2.05) is 0 Å². The maximum Gasteiger partial charge on any atom is 0.220 e. The number of hydrogen-bond donors (Lipinski definition) is 2. The minimum absolute atomic E-state index is 0.0341. The highest BCUT2D eigenvalue weighted by Crippen LogP contribution is 2.68. The summed E-state index contributed by atoms with van der Waals surface area (Å²) in [6.45, 7) is 12.1. The van der Waals surface area contributed by atoms with Crippen LogP contribution >= 0.6 is 0 Å². The Labute approximate surface area is 194 Å². The molecule has 1 spiro atoms. The number of piperidine rings is 1. The third-order valence-corrected chi connectivity index (χ3v) is 11.8. The highest BCUT2D eigenvalue weighted by atomic mass is 16.5. The zero-order chi connectivity index (χ0) is 22.3. The predicted octanol–water partition coefficient (Wildman–Crippen LogP) is 4.98. The molecule has 5 fully saturated rings. The van der Waals surface area contributed by atoms with E-state index in [1.54, 1.807) is 11.1 Å². The normalized spacial score (nSPS) is 53.1. The standard InChI is InChI=1S/C28H44N2O2/c1-17-16-28(18(2)25-23(32-28)6-5-12-30-25)10-9-27(4)20-8-7-19-14-24(31)29-13-11-26(19,3)22(20)15-21(17)27/h18-20,22-23,25,30H,5-16H2,1-4H3,(H,29,31). The van der Waals surface area contributed by atoms with E-state index in [1.165, 1.54) is 44.9 Å². The first kappa shape index (κ1) is 21.6. The van der Waals surface area contributed by atoms with Gasteiger partial charge in [-0.15, -0.1) is 0 Å². The smallest absolute Gasteiger partial charge is 0.220 e. The first-order chi connectivity index (χ1) is 15.3. The molecule has 2 N–H and O–H groups in total. The molecule has 3 saturated heterocycles. The van der Waals surface area contributed by atoms with Gasteiger partial charge in [-0.25, -0.2) is 0 Å². The van der Waals surface area contributed by atoms with Gasteiger partial charge in [0.25, 0.3) is 0 Å². The molecule has 4 heteroatoms. The Morgan fingerprint density at radius 2 is 1.84 bits per heavy atom. The van der Waals surface area contributed by atoms with Crippen molar-refractivity contribution < 1.29 is 9.53 Å². The Bertz CT molecular complexity index is 837. The zero-order valence-electron chi connectivity index (χ0n) is 20.8. The number of carbonyl (C=O) groups excluding carboxylic acids is 1. The number of amides is 1. The lowest BCUT2D eigenvalue weighted by molar-refractivity contribution is -0.123. The Morgan fingerprint density at radius 3 is 2.66 bits per heavy atom. The van der Waals surface area contributed by atoms with Crippen LogP contribution in [0.2, 0.25) is 0 Å². The molecule has 1 amide bonds. The Balaban J connectivity index is 1.33. The summed E-state index contributed by atoms with van der Waals surface area (Å²) in [5.74, 6) is 2.96. The molecule has 0 aromatic rings. The SMILES string of the molecule is CC1=C2CC3C(CCC4CC(=O)NCCC43C)C2(C)CCC2(C1)OC1CCCNC1C2C. The number of rotatable bonds is 0. The lowest BCUT2D eigenvalue weighted by Gasteiger charge is -2.51. The van der Waals surface area contributed by atoms with Gasteiger partial charge >= 0.3 is 0 Å². The molecular weight excluding hydrogens is 396 g/mol. The van der Waals surface area contributed by atoms with Crippen molar-refractivity contribution in [2.24, 2.45) is 34.5 Å². The number of fused-ring (bicyclic) bond motifs is 6. The zero-order valence-corrected chi connectivity index (χ0v) is 20.8. The summed E-state index contributed by atoms with van der Waals surface area (Å²) in [4.78, 5) is 12.3. The fraction of sp³-hybridized carbons (Fsp3) is 0.893. The largest absolute Gasteiger partial charge is 0.369 e. The van der Waals surface area contributed by atoms with Crippen LogP contribution in [0.1, 0.15) is 91.9 Å². The molecule has 3 heterocycles. The predicted molar refractivity (Wildman–Crippen MR) is 127 cm³/mol. The second-order valence-electron chi connectivity index (χ2n) is 13.0. The molecule has 0 aromatic carbocycles. The fourth-order valence-corrected chi connectivity index (χ4v) is 9.83. The van der Waals surface area contributed by atoms with E-state index in [0.29, 0.717) is 34.8 Å². The molecule has 6 rings (SSSR count). The van der Waals surface area contributed by atoms with E-state index in [9.17, 15) is 4.79 Å². The molecule has 0 radical (unpaired) electrons. The highest BCUT2D eigenvalue weighted by molar-refractivity contribution is 5.76. The fourth-order valence-electron chi connectivity index (χ4n) is 9.83. The number of allylic oxidation sites excluding steroid dienone is 1. The van der Waals surface area contributed by atoms with E-state index in [2.05, 4.69) is 38.3 Å². The molecule has 9 unspecified atom stereocenters. The van der Waals surface area contributed by atoms with Gasteiger partial charge in [-0.3, -0.25) is 4.79 Å². The van der Waals surface area contributed by atoms with Crippen molar-refractivity contribution in [2.45, 2.75) is 110 Å². The minimum atomic E-state index is 0.0341. The minimum Gasteiger partial charge on any atom is -0.369 e. The lowest BCUT2D eigenvalue weighted by Crippen LogP contribution is -2.46. The molecule has 32 heavy (non-hydrogen) atoms. The monoisotopic (exact) mass is 440 g/mol. The van der Waals surface area contributed by atoms with Gasteiger partial charge < -0.3 is 15.4 Å². The Hall–Kier alpha value is -0.870. The summed E-state index contributed by atoms with van der Waals surface area (Å²) in [7, 11) is 0. The number of hydrogen-bond acceptors (Lipinski definition) is 3. The second kappa shape index (κ2) is 7.31. The summed E-state index contributed by atoms with van der Waals surface area (Å²) in [6, 6.07) is 0.547. The molecule has 9 atom stereocenters. The van der Waals surface area contributed by atoms with Crippen molar-refractivity contribution in [3.63, 3.8) is 0 Å². The van der Waals surface area contributed by atoms with Crippen LogP contribution in [0.15, 0.2) is 11.1 Å². The van der Waals surface area contributed by atoms with Crippen molar-refractivity contribution in [1.29, 1.82) is 0 Å². The topological polar surface area (TPSA) is 50.4 Å². The third-order valence-electron chi connectivity index (χ3n) is 11.8. The Morgan fingerprint density at radius 1 is 1.00 bits per heavy atom. The van der Waals surface area contributed by atoms with E-state index in [4.69, 9.17) is 4.74 Å². The van der Waals surface area contributed by atoms with Crippen LogP contribution in [-0.4, -0.2) is 36.7 Å². The van der Waals surface area contributed by atoms with Crippen LogP contribution in [0.4, 0.5) is 0 Å². The van der Waals surface area contributed by atoms with Gasteiger partial charge in [0.2, 0.25) is 5.91 Å². The van der Waals surface area contributed by atoms with Crippen LogP contribution in [0.25, 0.3) is 0 Å². The highest BCUT2D eigenvalue weighted by Gasteiger charge is 2.62. The molecule has 0 bridgehead atoms. The van der Waals surface area contributed by atoms with Gasteiger partial charge in [0.05, 0.1) is 11.7 Å². The first-order valence-electron chi connectivity index (χ1n) is 13.6. The maximum absolute atomic E-state index is 12.3. The summed E-state index contributed by atoms with van der Waals surface area (Å²) >= 11 is 0. The maximum atomic E-state index is 12.3. The average Bonchev–Trinajstić information content (AvgIpc) is 3.11. The summed E-state index contributed by atoms with van der Waals surface area (Å²) in [5, 5.41) is 7.00. The summed E-state index contributed by atoms with van der Waals surface area (Å²) in [6.07, 6.45) is 12.2. The van der Waals surface area contributed by atoms with Gasteiger partial charge in [0.1, 0.15) is 0 Å². The summed E-state index contributed by atoms with van der Waals surface area (Å²) < 4.78 is 6.99. The second-order valence-corrected chi connectivity index (χ2v) is 13.0. The van der Waals surface area contributed by atoms with E-state index >= 15 is 0 Å². The number of ether oxygens (including phenoxy) is 1. The lowest BCUT2D eigenvalue weighted by atomic mass is 9.53. The quantitative estimate of drug-likeness (QED) is 0.522. The summed E-state index contributed by atoms with van der Waals surface area (Å²) in [5.41, 5.74) is 4.09. The van der Waals surface area contributed by atoms with E-state index < -0.39 is 0 Å². The molecule has 2 saturated carbocycles. The molecule has 3 aliphatic heterocycles. The van der Waals surface area contributed by atoms with Crippen molar-refractivity contribution in [1.82, 2.24) is 10.6 Å². The van der Waals surface area contributed by atoms with E-state index in [0.717, 1.165) is 44.2 Å². The molecule has 3 aliphatic carbocycles. The molecule has 4 nitrogen and oxygen atoms in total. The molecule has 0 aromatic heterocycles. The number of carbonyl (C=O) groups is 1. The first-order valence-corrected chi connectivity index (χ1v) is 13.6. The van der Waals surface area contributed by atoms with Crippen LogP contribution in [-0.2, 0) is 9.53 Å². The molecule has 6 aliphatic rings. The van der Waals surface area contributed by atoms with Crippen LogP contribution < -0.4 is 10.6 Å². The van der Waals surface area contributed by atoms with Crippen LogP contribution in [0.5, 0.6) is 0 Å². The van der Waals surface area contributed by atoms with Crippen molar-refractivity contribution in [3.05, 3.63) is 11.1 Å². The van der Waals surface area contributed by atoms with Gasteiger partial charge in [-0.05, 0) is 99.8 Å². The van der Waals surface area contributed by atoms with Crippen LogP contribution in [0, 0.1) is 34.5 Å². The average molecular weight is 441 g/mol. The third kappa shape index (κ3) is 2.90. The van der Waals surface area contributed by atoms with Crippen LogP contribution in [0.3, 0.4) is 0 Å². The number of nitrogens with one attached hydrogen (secondary N) is 2. The van der Waals surface area contributed by atoms with Gasteiger partial charge in [-0.2, -0.15) is 0 Å². The van der Waals surface area contributed by atoms with Crippen molar-refractivity contribution in [2.75, 3.05) is 13.1 Å². The van der Waals surface area contributed by atoms with Crippen molar-refractivity contribution >= 4 is 5.91 Å². The van der Waals surface area contributed by atoms with Gasteiger partial charge in [0, 0.05) is 24.9 Å². The molecule has 178 valence electrons. The molecular formula is C28H44N2O2. The van der Waals surface area contributed by atoms with E-state index in [-0.39, 0.29) is 11.5 Å². The van der Waals surface area contributed by atoms with Crippen molar-refractivity contribution in [3.8, 4) is 0 Å². The van der Waals surface area contributed by atoms with Gasteiger partial charge in [0.15, 0.2) is 0 Å². The Kier molecular flexibility index (Phi) is 4.95.